The Morgan fingerprint density at radius 1 is 0.842 bits per heavy atom. The molecule has 2 aromatic carbocycles. The van der Waals surface area contributed by atoms with E-state index in [0.29, 0.717) is 32.1 Å². The fourth-order valence-electron chi connectivity index (χ4n) is 1.78. The molecule has 19 heavy (non-hydrogen) atoms. The van der Waals surface area contributed by atoms with E-state index in [1.54, 1.807) is 36.4 Å². The lowest BCUT2D eigenvalue weighted by atomic mass is 10.0. The van der Waals surface area contributed by atoms with E-state index in [0.717, 1.165) is 5.56 Å². The minimum Gasteiger partial charge on any atom is -0.388 e. The number of aliphatic hydroxyl groups excluding tert-OH is 1. The molecule has 0 spiro atoms. The topological polar surface area (TPSA) is 20.2 Å². The zero-order valence-corrected chi connectivity index (χ0v) is 12.7. The summed E-state index contributed by atoms with van der Waals surface area (Å²) in [5.41, 5.74) is 1.38. The minimum atomic E-state index is -0.773. The third-order valence-corrected chi connectivity index (χ3v) is 3.91. The number of hydrogen-bond acceptors (Lipinski definition) is 1. The first-order valence-corrected chi connectivity index (χ1v) is 7.05. The van der Waals surface area contributed by atoms with E-state index >= 15 is 0 Å². The highest BCUT2D eigenvalue weighted by atomic mass is 35.5. The van der Waals surface area contributed by atoms with Crippen molar-refractivity contribution < 1.29 is 5.11 Å². The lowest BCUT2D eigenvalue weighted by Crippen LogP contribution is -2.03. The summed E-state index contributed by atoms with van der Waals surface area (Å²) in [7, 11) is 0. The van der Waals surface area contributed by atoms with Crippen LogP contribution < -0.4 is 0 Å². The molecule has 0 bridgehead atoms. The van der Waals surface area contributed by atoms with Gasteiger partial charge in [-0.1, -0.05) is 52.5 Å². The van der Waals surface area contributed by atoms with Crippen molar-refractivity contribution in [2.24, 2.45) is 0 Å². The van der Waals surface area contributed by atoms with E-state index in [2.05, 4.69) is 0 Å². The van der Waals surface area contributed by atoms with Crippen molar-refractivity contribution in [3.8, 4) is 0 Å². The van der Waals surface area contributed by atoms with Crippen molar-refractivity contribution in [2.45, 2.75) is 12.5 Å². The lowest BCUT2D eigenvalue weighted by Gasteiger charge is -2.14. The quantitative estimate of drug-likeness (QED) is 0.776. The average molecular weight is 336 g/mol. The fourth-order valence-corrected chi connectivity index (χ4v) is 2.69. The van der Waals surface area contributed by atoms with Gasteiger partial charge in [-0.3, -0.25) is 0 Å². The van der Waals surface area contributed by atoms with E-state index in [9.17, 15) is 5.11 Å². The van der Waals surface area contributed by atoms with Gasteiger partial charge in [-0.25, -0.2) is 0 Å². The predicted molar refractivity (Wildman–Crippen MR) is 81.6 cm³/mol. The van der Waals surface area contributed by atoms with E-state index in [1.807, 2.05) is 0 Å². The van der Waals surface area contributed by atoms with Gasteiger partial charge in [0.25, 0.3) is 0 Å². The number of halogens is 4. The molecule has 0 heterocycles. The van der Waals surface area contributed by atoms with E-state index in [1.165, 1.54) is 0 Å². The van der Waals surface area contributed by atoms with Crippen molar-refractivity contribution in [1.82, 2.24) is 0 Å². The standard InChI is InChI=1S/C14H10Cl4O/c15-9-3-4-12(17)11(6-9)14(19)5-8-1-2-10(16)7-13(8)18/h1-4,6-7,14,19H,5H2. The van der Waals surface area contributed by atoms with Crippen LogP contribution in [-0.2, 0) is 6.42 Å². The van der Waals surface area contributed by atoms with Gasteiger partial charge in [0.15, 0.2) is 0 Å². The maximum Gasteiger partial charge on any atom is 0.0845 e. The maximum absolute atomic E-state index is 10.2. The monoisotopic (exact) mass is 334 g/mol. The molecule has 1 N–H and O–H groups in total. The Labute approximate surface area is 131 Å². The highest BCUT2D eigenvalue weighted by Gasteiger charge is 2.14. The van der Waals surface area contributed by atoms with Gasteiger partial charge in [0.1, 0.15) is 0 Å². The van der Waals surface area contributed by atoms with E-state index in [-0.39, 0.29) is 0 Å². The first kappa shape index (κ1) is 15.0. The van der Waals surface area contributed by atoms with Gasteiger partial charge >= 0.3 is 0 Å². The van der Waals surface area contributed by atoms with Crippen LogP contribution in [0.2, 0.25) is 20.1 Å². The van der Waals surface area contributed by atoms with Crippen LogP contribution in [0.1, 0.15) is 17.2 Å². The summed E-state index contributed by atoms with van der Waals surface area (Å²) in [5.74, 6) is 0. The highest BCUT2D eigenvalue weighted by molar-refractivity contribution is 6.35. The van der Waals surface area contributed by atoms with Gasteiger partial charge in [0.2, 0.25) is 0 Å². The number of hydrogen-bond donors (Lipinski definition) is 1. The molecule has 1 nitrogen and oxygen atoms in total. The van der Waals surface area contributed by atoms with Crippen LogP contribution in [0.15, 0.2) is 36.4 Å². The van der Waals surface area contributed by atoms with Crippen LogP contribution in [0, 0.1) is 0 Å². The second-order valence-electron chi connectivity index (χ2n) is 4.12. The molecule has 0 radical (unpaired) electrons. The minimum absolute atomic E-state index is 0.343. The molecule has 1 atom stereocenters. The molecule has 0 fully saturated rings. The normalized spacial score (nSPS) is 12.5. The predicted octanol–water partition coefficient (Wildman–Crippen LogP) is 5.58. The van der Waals surface area contributed by atoms with Crippen LogP contribution >= 0.6 is 46.4 Å². The van der Waals surface area contributed by atoms with Crippen molar-refractivity contribution >= 4 is 46.4 Å². The third kappa shape index (κ3) is 3.77. The Bertz CT molecular complexity index is 598. The summed E-state index contributed by atoms with van der Waals surface area (Å²) in [6.45, 7) is 0. The largest absolute Gasteiger partial charge is 0.388 e. The van der Waals surface area contributed by atoms with Gasteiger partial charge in [-0.15, -0.1) is 0 Å². The van der Waals surface area contributed by atoms with Crippen molar-refractivity contribution in [3.05, 3.63) is 67.6 Å². The van der Waals surface area contributed by atoms with Gasteiger partial charge in [0, 0.05) is 32.1 Å². The first-order valence-electron chi connectivity index (χ1n) is 5.54. The SMILES string of the molecule is OC(Cc1ccc(Cl)cc1Cl)c1cc(Cl)ccc1Cl. The Hall–Kier alpha value is -0.440. The molecule has 0 amide bonds. The number of rotatable bonds is 3. The Morgan fingerprint density at radius 2 is 1.47 bits per heavy atom. The van der Waals surface area contributed by atoms with E-state index in [4.69, 9.17) is 46.4 Å². The summed E-state index contributed by atoms with van der Waals surface area (Å²) < 4.78 is 0. The van der Waals surface area contributed by atoms with E-state index < -0.39 is 6.10 Å². The highest BCUT2D eigenvalue weighted by Crippen LogP contribution is 2.31. The zero-order valence-electron chi connectivity index (χ0n) is 9.71. The van der Waals surface area contributed by atoms with Gasteiger partial charge < -0.3 is 5.11 Å². The van der Waals surface area contributed by atoms with Crippen molar-refractivity contribution in [3.63, 3.8) is 0 Å². The average Bonchev–Trinajstić information content (AvgIpc) is 2.35. The molecule has 0 aromatic heterocycles. The van der Waals surface area contributed by atoms with Crippen LogP contribution in [0.25, 0.3) is 0 Å². The molecular weight excluding hydrogens is 326 g/mol. The van der Waals surface area contributed by atoms with Crippen LogP contribution in [0.4, 0.5) is 0 Å². The van der Waals surface area contributed by atoms with Crippen LogP contribution in [0.3, 0.4) is 0 Å². The molecule has 0 aliphatic carbocycles. The summed E-state index contributed by atoms with van der Waals surface area (Å²) in [4.78, 5) is 0. The molecule has 0 aliphatic heterocycles. The lowest BCUT2D eigenvalue weighted by molar-refractivity contribution is 0.178. The number of benzene rings is 2. The Morgan fingerprint density at radius 3 is 2.16 bits per heavy atom. The molecule has 0 saturated heterocycles. The van der Waals surface area contributed by atoms with Gasteiger partial charge in [-0.2, -0.15) is 0 Å². The molecule has 1 unspecified atom stereocenters. The van der Waals surface area contributed by atoms with Crippen molar-refractivity contribution in [1.29, 1.82) is 0 Å². The first-order chi connectivity index (χ1) is 8.97. The fraction of sp³-hybridized carbons (Fsp3) is 0.143. The molecular formula is C14H10Cl4O. The number of aliphatic hydroxyl groups is 1. The smallest absolute Gasteiger partial charge is 0.0845 e. The maximum atomic E-state index is 10.2. The van der Waals surface area contributed by atoms with Gasteiger partial charge in [-0.05, 0) is 35.9 Å². The molecule has 5 heteroatoms. The molecule has 2 rings (SSSR count). The molecule has 0 aliphatic rings. The zero-order chi connectivity index (χ0) is 14.0. The summed E-state index contributed by atoms with van der Waals surface area (Å²) in [6, 6.07) is 10.1. The summed E-state index contributed by atoms with van der Waals surface area (Å²) >= 11 is 23.9. The van der Waals surface area contributed by atoms with Crippen LogP contribution in [-0.4, -0.2) is 5.11 Å². The van der Waals surface area contributed by atoms with Crippen LogP contribution in [0.5, 0.6) is 0 Å². The second-order valence-corrected chi connectivity index (χ2v) is 5.81. The third-order valence-electron chi connectivity index (χ3n) is 2.75. The Balaban J connectivity index is 2.25. The molecule has 2 aromatic rings. The van der Waals surface area contributed by atoms with Gasteiger partial charge in [0.05, 0.1) is 6.10 Å². The second kappa shape index (κ2) is 6.34. The Kier molecular flexibility index (Phi) is 4.99. The molecule has 0 saturated carbocycles. The summed E-state index contributed by atoms with van der Waals surface area (Å²) in [6.07, 6.45) is -0.430. The molecule has 100 valence electrons. The summed E-state index contributed by atoms with van der Waals surface area (Å²) in [5, 5.41) is 12.3. The van der Waals surface area contributed by atoms with Crippen molar-refractivity contribution in [2.75, 3.05) is 0 Å².